The molecule has 21 heavy (non-hydrogen) atoms. The van der Waals surface area contributed by atoms with Gasteiger partial charge in [0.25, 0.3) is 0 Å². The van der Waals surface area contributed by atoms with E-state index in [2.05, 4.69) is 10.2 Å². The van der Waals surface area contributed by atoms with Crippen molar-refractivity contribution < 1.29 is 13.9 Å². The number of hydrogen-bond donors (Lipinski definition) is 0. The molecule has 1 amide bonds. The van der Waals surface area contributed by atoms with Crippen LogP contribution in [0.1, 0.15) is 30.7 Å². The lowest BCUT2D eigenvalue weighted by molar-refractivity contribution is 0.0970. The van der Waals surface area contributed by atoms with Crippen LogP contribution in [0.25, 0.3) is 10.8 Å². The smallest absolute Gasteiger partial charge is 0.409 e. The highest BCUT2D eigenvalue weighted by Gasteiger charge is 2.27. The predicted octanol–water partition coefficient (Wildman–Crippen LogP) is 3.13. The second-order valence-corrected chi connectivity index (χ2v) is 5.89. The number of rotatable bonds is 3. The summed E-state index contributed by atoms with van der Waals surface area (Å²) in [7, 11) is 0. The summed E-state index contributed by atoms with van der Waals surface area (Å²) in [6.07, 6.45) is 3.20. The lowest BCUT2D eigenvalue weighted by atomic mass is 9.98. The normalized spacial score (nSPS) is 16.1. The van der Waals surface area contributed by atoms with E-state index in [-0.39, 0.29) is 6.09 Å². The van der Waals surface area contributed by atoms with Gasteiger partial charge in [-0.25, -0.2) is 4.79 Å². The number of piperidine rings is 1. The molecule has 112 valence electrons. The molecule has 1 aliphatic heterocycles. The summed E-state index contributed by atoms with van der Waals surface area (Å²) in [4.78, 5) is 13.4. The maximum absolute atomic E-state index is 11.7. The molecule has 0 aliphatic carbocycles. The SMILES string of the molecule is CCOC(=O)N1CCC(c2nnc(-c3ccco3)s2)CC1. The number of furan rings is 1. The van der Waals surface area contributed by atoms with Crippen molar-refractivity contribution in [1.82, 2.24) is 15.1 Å². The van der Waals surface area contributed by atoms with Gasteiger partial charge in [0.15, 0.2) is 10.8 Å². The Hall–Kier alpha value is -1.89. The topological polar surface area (TPSA) is 68.5 Å². The maximum Gasteiger partial charge on any atom is 0.409 e. The van der Waals surface area contributed by atoms with Gasteiger partial charge in [0.05, 0.1) is 12.9 Å². The number of nitrogens with zero attached hydrogens (tertiary/aromatic N) is 3. The van der Waals surface area contributed by atoms with Gasteiger partial charge < -0.3 is 14.1 Å². The first kappa shape index (κ1) is 14.1. The van der Waals surface area contributed by atoms with E-state index in [1.165, 1.54) is 0 Å². The van der Waals surface area contributed by atoms with Gasteiger partial charge in [-0.3, -0.25) is 0 Å². The molecular formula is C14H17N3O3S. The molecule has 2 aromatic rings. The fourth-order valence-electron chi connectivity index (χ4n) is 2.42. The number of likely N-dealkylation sites (tertiary alicyclic amines) is 1. The molecule has 0 spiro atoms. The van der Waals surface area contributed by atoms with E-state index >= 15 is 0 Å². The number of hydrogen-bond acceptors (Lipinski definition) is 6. The summed E-state index contributed by atoms with van der Waals surface area (Å²) in [6.45, 7) is 3.65. The lowest BCUT2D eigenvalue weighted by Gasteiger charge is -2.29. The average molecular weight is 307 g/mol. The molecule has 3 rings (SSSR count). The molecule has 0 N–H and O–H groups in total. The van der Waals surface area contributed by atoms with Crippen LogP contribution in [0.5, 0.6) is 0 Å². The third-order valence-corrected chi connectivity index (χ3v) is 4.64. The van der Waals surface area contributed by atoms with Gasteiger partial charge in [0.1, 0.15) is 5.01 Å². The van der Waals surface area contributed by atoms with Crippen molar-refractivity contribution in [2.45, 2.75) is 25.7 Å². The molecule has 0 atom stereocenters. The number of amides is 1. The largest absolute Gasteiger partial charge is 0.462 e. The molecule has 1 fully saturated rings. The summed E-state index contributed by atoms with van der Waals surface area (Å²) in [5.74, 6) is 1.11. The quantitative estimate of drug-likeness (QED) is 0.871. The first-order valence-electron chi connectivity index (χ1n) is 7.07. The highest BCUT2D eigenvalue weighted by molar-refractivity contribution is 7.14. The van der Waals surface area contributed by atoms with Gasteiger partial charge in [0.2, 0.25) is 0 Å². The Morgan fingerprint density at radius 3 is 2.95 bits per heavy atom. The number of aromatic nitrogens is 2. The maximum atomic E-state index is 11.7. The summed E-state index contributed by atoms with van der Waals surface area (Å²) in [5, 5.41) is 10.3. The fraction of sp³-hybridized carbons (Fsp3) is 0.500. The van der Waals surface area contributed by atoms with E-state index in [4.69, 9.17) is 9.15 Å². The standard InChI is InChI=1S/C14H17N3O3S/c1-2-19-14(18)17-7-5-10(6-8-17)12-15-16-13(21-12)11-4-3-9-20-11/h3-4,9-10H,2,5-8H2,1H3. The molecule has 0 radical (unpaired) electrons. The van der Waals surface area contributed by atoms with Crippen LogP contribution in [0.4, 0.5) is 4.79 Å². The molecule has 1 aliphatic rings. The van der Waals surface area contributed by atoms with Gasteiger partial charge in [-0.2, -0.15) is 0 Å². The lowest BCUT2D eigenvalue weighted by Crippen LogP contribution is -2.38. The van der Waals surface area contributed by atoms with Crippen LogP contribution >= 0.6 is 11.3 Å². The van der Waals surface area contributed by atoms with Crippen molar-refractivity contribution >= 4 is 17.4 Å². The van der Waals surface area contributed by atoms with Crippen LogP contribution in [0, 0.1) is 0 Å². The van der Waals surface area contributed by atoms with Crippen molar-refractivity contribution in [2.75, 3.05) is 19.7 Å². The first-order valence-corrected chi connectivity index (χ1v) is 7.88. The number of ether oxygens (including phenoxy) is 1. The molecule has 7 heteroatoms. The summed E-state index contributed by atoms with van der Waals surface area (Å²) in [6, 6.07) is 3.72. The highest BCUT2D eigenvalue weighted by Crippen LogP contribution is 2.33. The molecule has 3 heterocycles. The van der Waals surface area contributed by atoms with Crippen LogP contribution in [0.15, 0.2) is 22.8 Å². The Kier molecular flexibility index (Phi) is 4.19. The second-order valence-electron chi connectivity index (χ2n) is 4.88. The van der Waals surface area contributed by atoms with Crippen LogP contribution in [-0.4, -0.2) is 40.9 Å². The Bertz CT molecular complexity index is 588. The minimum Gasteiger partial charge on any atom is -0.462 e. The van der Waals surface area contributed by atoms with Gasteiger partial charge in [-0.05, 0) is 31.9 Å². The van der Waals surface area contributed by atoms with E-state index in [0.29, 0.717) is 25.6 Å². The van der Waals surface area contributed by atoms with E-state index in [1.807, 2.05) is 19.1 Å². The van der Waals surface area contributed by atoms with Crippen LogP contribution in [0.2, 0.25) is 0 Å². The molecule has 0 saturated carbocycles. The third kappa shape index (κ3) is 3.07. The van der Waals surface area contributed by atoms with Crippen molar-refractivity contribution in [3.05, 3.63) is 23.4 Å². The molecule has 0 unspecified atom stereocenters. The van der Waals surface area contributed by atoms with Crippen molar-refractivity contribution in [1.29, 1.82) is 0 Å². The van der Waals surface area contributed by atoms with Gasteiger partial charge in [-0.15, -0.1) is 10.2 Å². The zero-order chi connectivity index (χ0) is 14.7. The van der Waals surface area contributed by atoms with Crippen LogP contribution in [-0.2, 0) is 4.74 Å². The van der Waals surface area contributed by atoms with E-state index in [1.54, 1.807) is 22.5 Å². The molecular weight excluding hydrogens is 290 g/mol. The molecule has 0 aromatic carbocycles. The van der Waals surface area contributed by atoms with Gasteiger partial charge in [0, 0.05) is 19.0 Å². The zero-order valence-electron chi connectivity index (χ0n) is 11.8. The zero-order valence-corrected chi connectivity index (χ0v) is 12.6. The minimum absolute atomic E-state index is 0.218. The van der Waals surface area contributed by atoms with E-state index in [9.17, 15) is 4.79 Å². The molecule has 6 nitrogen and oxygen atoms in total. The van der Waals surface area contributed by atoms with Crippen LogP contribution < -0.4 is 0 Å². The second kappa shape index (κ2) is 6.26. The average Bonchev–Trinajstić information content (AvgIpc) is 3.19. The Balaban J connectivity index is 1.61. The number of carbonyl (C=O) groups excluding carboxylic acids is 1. The summed E-state index contributed by atoms with van der Waals surface area (Å²) >= 11 is 1.57. The monoisotopic (exact) mass is 307 g/mol. The minimum atomic E-state index is -0.218. The van der Waals surface area contributed by atoms with E-state index < -0.39 is 0 Å². The Morgan fingerprint density at radius 1 is 1.48 bits per heavy atom. The van der Waals surface area contributed by atoms with E-state index in [0.717, 1.165) is 28.6 Å². The predicted molar refractivity (Wildman–Crippen MR) is 78.2 cm³/mol. The van der Waals surface area contributed by atoms with Crippen molar-refractivity contribution in [3.8, 4) is 10.8 Å². The fourth-order valence-corrected chi connectivity index (χ4v) is 3.40. The third-order valence-electron chi connectivity index (χ3n) is 3.54. The first-order chi connectivity index (χ1) is 10.3. The van der Waals surface area contributed by atoms with Crippen molar-refractivity contribution in [2.24, 2.45) is 0 Å². The van der Waals surface area contributed by atoms with Gasteiger partial charge >= 0.3 is 6.09 Å². The molecule has 1 saturated heterocycles. The Labute approximate surface area is 126 Å². The highest BCUT2D eigenvalue weighted by atomic mass is 32.1. The van der Waals surface area contributed by atoms with Crippen LogP contribution in [0.3, 0.4) is 0 Å². The Morgan fingerprint density at radius 2 is 2.29 bits per heavy atom. The molecule has 2 aromatic heterocycles. The summed E-state index contributed by atoms with van der Waals surface area (Å²) < 4.78 is 10.4. The number of carbonyl (C=O) groups is 1. The van der Waals surface area contributed by atoms with Crippen molar-refractivity contribution in [3.63, 3.8) is 0 Å². The van der Waals surface area contributed by atoms with Gasteiger partial charge in [-0.1, -0.05) is 11.3 Å². The summed E-state index contributed by atoms with van der Waals surface area (Å²) in [5.41, 5.74) is 0. The molecule has 0 bridgehead atoms.